The second kappa shape index (κ2) is 7.29. The maximum atomic E-state index is 11.7. The Hall–Kier alpha value is -2.05. The van der Waals surface area contributed by atoms with E-state index in [1.807, 2.05) is 0 Å². The van der Waals surface area contributed by atoms with E-state index in [-0.39, 0.29) is 22.9 Å². The van der Waals surface area contributed by atoms with Crippen molar-refractivity contribution >= 4 is 39.5 Å². The third-order valence-electron chi connectivity index (χ3n) is 2.57. The monoisotopic (exact) mass is 384 g/mol. The van der Waals surface area contributed by atoms with E-state index in [0.717, 1.165) is 4.47 Å². The molecule has 0 unspecified atom stereocenters. The molecule has 114 valence electrons. The first kappa shape index (κ1) is 16.3. The number of aromatic carboxylic acids is 1. The summed E-state index contributed by atoms with van der Waals surface area (Å²) < 4.78 is 11.1. The number of benzene rings is 2. The van der Waals surface area contributed by atoms with Gasteiger partial charge in [0.1, 0.15) is 17.1 Å². The van der Waals surface area contributed by atoms with Gasteiger partial charge in [-0.1, -0.05) is 27.5 Å². The molecule has 7 heteroatoms. The summed E-state index contributed by atoms with van der Waals surface area (Å²) in [4.78, 5) is 22.8. The highest BCUT2D eigenvalue weighted by Crippen LogP contribution is 2.23. The van der Waals surface area contributed by atoms with Crippen LogP contribution in [-0.2, 0) is 4.79 Å². The molecule has 5 nitrogen and oxygen atoms in total. The van der Waals surface area contributed by atoms with Crippen LogP contribution < -0.4 is 9.47 Å². The lowest BCUT2D eigenvalue weighted by atomic mass is 10.2. The van der Waals surface area contributed by atoms with Crippen LogP contribution in [0.25, 0.3) is 0 Å². The van der Waals surface area contributed by atoms with Crippen molar-refractivity contribution in [3.8, 4) is 11.5 Å². The van der Waals surface area contributed by atoms with Crippen molar-refractivity contribution in [2.45, 2.75) is 0 Å². The minimum absolute atomic E-state index is 0.0821. The van der Waals surface area contributed by atoms with Gasteiger partial charge in [0.05, 0.1) is 0 Å². The number of carbonyl (C=O) groups excluding carboxylic acids is 1. The fourth-order valence-electron chi connectivity index (χ4n) is 1.58. The number of carboxylic acid groups (broad SMARTS) is 1. The molecule has 0 aliphatic rings. The van der Waals surface area contributed by atoms with Gasteiger partial charge < -0.3 is 14.6 Å². The normalized spacial score (nSPS) is 10.1. The van der Waals surface area contributed by atoms with Gasteiger partial charge in [0.25, 0.3) is 0 Å². The molecule has 0 radical (unpaired) electrons. The van der Waals surface area contributed by atoms with Crippen LogP contribution in [0.2, 0.25) is 5.02 Å². The molecule has 0 saturated heterocycles. The Morgan fingerprint density at radius 1 is 1.14 bits per heavy atom. The van der Waals surface area contributed by atoms with E-state index < -0.39 is 11.9 Å². The number of carbonyl (C=O) groups is 2. The van der Waals surface area contributed by atoms with E-state index in [9.17, 15) is 9.59 Å². The molecular weight excluding hydrogens is 376 g/mol. The Bertz CT molecular complexity index is 700. The first-order valence-corrected chi connectivity index (χ1v) is 7.24. The molecule has 0 aliphatic heterocycles. The maximum absolute atomic E-state index is 11.7. The quantitative estimate of drug-likeness (QED) is 0.626. The minimum atomic E-state index is -1.24. The predicted octanol–water partition coefficient (Wildman–Crippen LogP) is 3.79. The Morgan fingerprint density at radius 3 is 2.45 bits per heavy atom. The van der Waals surface area contributed by atoms with E-state index in [1.165, 1.54) is 18.2 Å². The first-order chi connectivity index (χ1) is 10.5. The number of esters is 1. The topological polar surface area (TPSA) is 72.8 Å². The van der Waals surface area contributed by atoms with Crippen LogP contribution in [0.1, 0.15) is 10.4 Å². The second-order valence-corrected chi connectivity index (χ2v) is 5.51. The third kappa shape index (κ3) is 4.47. The lowest BCUT2D eigenvalue weighted by Gasteiger charge is -2.09. The van der Waals surface area contributed by atoms with E-state index in [4.69, 9.17) is 26.2 Å². The van der Waals surface area contributed by atoms with Gasteiger partial charge in [0.2, 0.25) is 0 Å². The maximum Gasteiger partial charge on any atom is 0.349 e. The van der Waals surface area contributed by atoms with Crippen molar-refractivity contribution in [1.82, 2.24) is 0 Å². The van der Waals surface area contributed by atoms with Crippen molar-refractivity contribution < 1.29 is 24.2 Å². The molecule has 0 aromatic heterocycles. The van der Waals surface area contributed by atoms with Crippen LogP contribution in [0.3, 0.4) is 0 Å². The molecule has 0 fully saturated rings. The summed E-state index contributed by atoms with van der Waals surface area (Å²) in [6.45, 7) is -0.344. The van der Waals surface area contributed by atoms with Crippen LogP contribution >= 0.6 is 27.5 Å². The number of ether oxygens (including phenoxy) is 2. The summed E-state index contributed by atoms with van der Waals surface area (Å²) in [6.07, 6.45) is 0. The third-order valence-corrected chi connectivity index (χ3v) is 3.33. The molecule has 22 heavy (non-hydrogen) atoms. The van der Waals surface area contributed by atoms with Crippen LogP contribution in [0.15, 0.2) is 46.9 Å². The number of rotatable bonds is 5. The summed E-state index contributed by atoms with van der Waals surface area (Å²) in [6, 6.07) is 10.9. The summed E-state index contributed by atoms with van der Waals surface area (Å²) in [5.74, 6) is -1.54. The number of halogens is 2. The predicted molar refractivity (Wildman–Crippen MR) is 83.7 cm³/mol. The molecule has 1 N–H and O–H groups in total. The zero-order valence-electron chi connectivity index (χ0n) is 11.1. The van der Waals surface area contributed by atoms with Crippen LogP contribution in [0.5, 0.6) is 11.5 Å². The Kier molecular flexibility index (Phi) is 5.41. The van der Waals surface area contributed by atoms with Crippen LogP contribution in [-0.4, -0.2) is 23.7 Å². The summed E-state index contributed by atoms with van der Waals surface area (Å²) in [5, 5.41) is 9.29. The molecule has 2 rings (SSSR count). The molecule has 0 atom stereocenters. The fraction of sp³-hybridized carbons (Fsp3) is 0.0667. The average Bonchev–Trinajstić information content (AvgIpc) is 2.48. The van der Waals surface area contributed by atoms with Crippen molar-refractivity contribution in [1.29, 1.82) is 0 Å². The smallest absolute Gasteiger partial charge is 0.349 e. The molecule has 0 heterocycles. The number of hydrogen-bond acceptors (Lipinski definition) is 4. The molecule has 2 aromatic carbocycles. The molecule has 0 spiro atoms. The van der Waals surface area contributed by atoms with Crippen molar-refractivity contribution in [3.63, 3.8) is 0 Å². The number of carboxylic acids is 1. The zero-order chi connectivity index (χ0) is 16.1. The first-order valence-electron chi connectivity index (χ1n) is 6.07. The van der Waals surface area contributed by atoms with Gasteiger partial charge in [-0.05, 0) is 42.5 Å². The average molecular weight is 386 g/mol. The lowest BCUT2D eigenvalue weighted by Crippen LogP contribution is -2.19. The molecule has 0 bridgehead atoms. The molecule has 2 aromatic rings. The molecular formula is C15H10BrClO5. The fourth-order valence-corrected chi connectivity index (χ4v) is 2.02. The Balaban J connectivity index is 2.00. The molecule has 0 aliphatic carbocycles. The second-order valence-electron chi connectivity index (χ2n) is 4.16. The minimum Gasteiger partial charge on any atom is -0.482 e. The van der Waals surface area contributed by atoms with Gasteiger partial charge in [-0.15, -0.1) is 0 Å². The van der Waals surface area contributed by atoms with E-state index in [0.29, 0.717) is 5.75 Å². The summed E-state index contributed by atoms with van der Waals surface area (Å²) in [5.41, 5.74) is -0.190. The Morgan fingerprint density at radius 2 is 1.82 bits per heavy atom. The SMILES string of the molecule is O=C(COc1ccc(Br)cc1)Oc1ccc(Cl)cc1C(=O)O. The van der Waals surface area contributed by atoms with Gasteiger partial charge in [0, 0.05) is 9.50 Å². The van der Waals surface area contributed by atoms with E-state index in [1.54, 1.807) is 24.3 Å². The van der Waals surface area contributed by atoms with Gasteiger partial charge in [0.15, 0.2) is 6.61 Å². The highest BCUT2D eigenvalue weighted by molar-refractivity contribution is 9.10. The van der Waals surface area contributed by atoms with Gasteiger partial charge in [-0.25, -0.2) is 9.59 Å². The van der Waals surface area contributed by atoms with Crippen molar-refractivity contribution in [2.75, 3.05) is 6.61 Å². The lowest BCUT2D eigenvalue weighted by molar-refractivity contribution is -0.136. The van der Waals surface area contributed by atoms with Crippen LogP contribution in [0.4, 0.5) is 0 Å². The highest BCUT2D eigenvalue weighted by Gasteiger charge is 2.15. The molecule has 0 saturated carbocycles. The van der Waals surface area contributed by atoms with Gasteiger partial charge >= 0.3 is 11.9 Å². The van der Waals surface area contributed by atoms with E-state index >= 15 is 0 Å². The van der Waals surface area contributed by atoms with E-state index in [2.05, 4.69) is 15.9 Å². The van der Waals surface area contributed by atoms with Gasteiger partial charge in [-0.2, -0.15) is 0 Å². The summed E-state index contributed by atoms with van der Waals surface area (Å²) in [7, 11) is 0. The summed E-state index contributed by atoms with van der Waals surface area (Å²) >= 11 is 9.00. The molecule has 0 amide bonds. The Labute approximate surface area is 139 Å². The van der Waals surface area contributed by atoms with Crippen molar-refractivity contribution in [2.24, 2.45) is 0 Å². The number of hydrogen-bond donors (Lipinski definition) is 1. The van der Waals surface area contributed by atoms with Crippen LogP contribution in [0, 0.1) is 0 Å². The zero-order valence-corrected chi connectivity index (χ0v) is 13.4. The van der Waals surface area contributed by atoms with Crippen molar-refractivity contribution in [3.05, 3.63) is 57.5 Å². The largest absolute Gasteiger partial charge is 0.482 e. The van der Waals surface area contributed by atoms with Gasteiger partial charge in [-0.3, -0.25) is 0 Å². The highest BCUT2D eigenvalue weighted by atomic mass is 79.9. The standard InChI is InChI=1S/C15H10BrClO5/c16-9-1-4-11(5-2-9)21-8-14(18)22-13-6-3-10(17)7-12(13)15(19)20/h1-7H,8H2,(H,19,20).